The highest BCUT2D eigenvalue weighted by Crippen LogP contribution is 2.28. The number of fused-ring (bicyclic) bond motifs is 1. The van der Waals surface area contributed by atoms with E-state index in [4.69, 9.17) is 11.6 Å². The molecule has 3 amide bonds. The number of thiazole rings is 1. The lowest BCUT2D eigenvalue weighted by molar-refractivity contribution is 0.0967. The van der Waals surface area contributed by atoms with E-state index in [0.717, 1.165) is 49.5 Å². The van der Waals surface area contributed by atoms with Gasteiger partial charge in [-0.1, -0.05) is 22.9 Å². The average molecular weight is 508 g/mol. The lowest BCUT2D eigenvalue weighted by Gasteiger charge is -2.34. The van der Waals surface area contributed by atoms with Gasteiger partial charge in [0.25, 0.3) is 5.91 Å². The van der Waals surface area contributed by atoms with E-state index >= 15 is 0 Å². The van der Waals surface area contributed by atoms with E-state index in [0.29, 0.717) is 10.2 Å². The summed E-state index contributed by atoms with van der Waals surface area (Å²) in [6.45, 7) is 3.50. The number of likely N-dealkylation sites (N-methyl/N-ethyl adjacent to an activating group) is 1. The highest BCUT2D eigenvalue weighted by atomic mass is 35.5. The fourth-order valence-corrected chi connectivity index (χ4v) is 5.26. The van der Waals surface area contributed by atoms with Crippen molar-refractivity contribution in [1.29, 1.82) is 0 Å². The Bertz CT molecular complexity index is 1330. The predicted octanol–water partition coefficient (Wildman–Crippen LogP) is 3.07. The van der Waals surface area contributed by atoms with Gasteiger partial charge in [-0.25, -0.2) is 18.2 Å². The van der Waals surface area contributed by atoms with Gasteiger partial charge in [0.2, 0.25) is 0 Å². The lowest BCUT2D eigenvalue weighted by atomic mass is 10.1. The van der Waals surface area contributed by atoms with Crippen molar-refractivity contribution in [3.05, 3.63) is 47.0 Å². The molecule has 2 heterocycles. The summed E-state index contributed by atoms with van der Waals surface area (Å²) in [6.07, 6.45) is 1.12. The number of aromatic nitrogens is 1. The van der Waals surface area contributed by atoms with Crippen LogP contribution in [0.2, 0.25) is 5.02 Å². The van der Waals surface area contributed by atoms with E-state index in [-0.39, 0.29) is 20.6 Å². The molecule has 4 rings (SSSR count). The Balaban J connectivity index is 1.45. The highest BCUT2D eigenvalue weighted by molar-refractivity contribution is 7.90. The second-order valence-electron chi connectivity index (χ2n) is 7.78. The standard InChI is InChI=1S/C21H22ClN5O4S2/c1-26-7-9-27(10-8-26)13-3-5-16(22)15(11-13)19(28)24-20(29)25-21-23-17-6-4-14(33(2,30)31)12-18(17)32-21/h3-6,11-12H,7-10H2,1-2H3,(H2,23,24,25,28,29). The number of nitrogens with one attached hydrogen (secondary N) is 2. The van der Waals surface area contributed by atoms with E-state index in [1.165, 1.54) is 12.1 Å². The van der Waals surface area contributed by atoms with Crippen LogP contribution in [-0.2, 0) is 9.84 Å². The first-order valence-electron chi connectivity index (χ1n) is 10.1. The van der Waals surface area contributed by atoms with Crippen LogP contribution in [-0.4, -0.2) is 69.7 Å². The fourth-order valence-electron chi connectivity index (χ4n) is 3.44. The first-order valence-corrected chi connectivity index (χ1v) is 13.1. The molecule has 1 fully saturated rings. The predicted molar refractivity (Wildman–Crippen MR) is 130 cm³/mol. The Morgan fingerprint density at radius 1 is 1.09 bits per heavy atom. The number of piperazine rings is 1. The van der Waals surface area contributed by atoms with Crippen LogP contribution in [0.15, 0.2) is 41.3 Å². The van der Waals surface area contributed by atoms with Crippen LogP contribution in [0.25, 0.3) is 10.2 Å². The quantitative estimate of drug-likeness (QED) is 0.558. The van der Waals surface area contributed by atoms with Crippen LogP contribution >= 0.6 is 22.9 Å². The van der Waals surface area contributed by atoms with Gasteiger partial charge in [-0.05, 0) is 43.4 Å². The first kappa shape index (κ1) is 23.4. The third kappa shape index (κ3) is 5.44. The number of rotatable bonds is 4. The third-order valence-corrected chi connectivity index (χ3v) is 7.67. The Kier molecular flexibility index (Phi) is 6.57. The van der Waals surface area contributed by atoms with Gasteiger partial charge in [-0.2, -0.15) is 0 Å². The molecule has 0 bridgehead atoms. The van der Waals surface area contributed by atoms with Crippen molar-refractivity contribution in [3.8, 4) is 0 Å². The maximum absolute atomic E-state index is 12.7. The number of imide groups is 1. The smallest absolute Gasteiger partial charge is 0.327 e. The summed E-state index contributed by atoms with van der Waals surface area (Å²) in [7, 11) is -1.29. The summed E-state index contributed by atoms with van der Waals surface area (Å²) in [4.78, 5) is 33.9. The zero-order valence-corrected chi connectivity index (χ0v) is 20.4. The van der Waals surface area contributed by atoms with Gasteiger partial charge in [-0.3, -0.25) is 15.4 Å². The highest BCUT2D eigenvalue weighted by Gasteiger charge is 2.19. The molecular formula is C21H22ClN5O4S2. The molecule has 12 heteroatoms. The number of urea groups is 1. The van der Waals surface area contributed by atoms with Crippen molar-refractivity contribution < 1.29 is 18.0 Å². The Morgan fingerprint density at radius 2 is 1.82 bits per heavy atom. The second-order valence-corrected chi connectivity index (χ2v) is 11.2. The van der Waals surface area contributed by atoms with Crippen molar-refractivity contribution in [2.75, 3.05) is 49.7 Å². The molecule has 0 atom stereocenters. The van der Waals surface area contributed by atoms with Crippen LogP contribution in [0, 0.1) is 0 Å². The average Bonchev–Trinajstić information content (AvgIpc) is 3.15. The Labute approximate surface area is 200 Å². The van der Waals surface area contributed by atoms with Gasteiger partial charge in [0.15, 0.2) is 15.0 Å². The van der Waals surface area contributed by atoms with Crippen molar-refractivity contribution in [2.45, 2.75) is 4.90 Å². The van der Waals surface area contributed by atoms with E-state index in [1.807, 2.05) is 6.07 Å². The van der Waals surface area contributed by atoms with Crippen molar-refractivity contribution >= 4 is 65.7 Å². The minimum absolute atomic E-state index is 0.166. The normalized spacial score (nSPS) is 14.9. The third-order valence-electron chi connectivity index (χ3n) is 5.30. The molecular weight excluding hydrogens is 486 g/mol. The van der Waals surface area contributed by atoms with Crippen molar-refractivity contribution in [2.24, 2.45) is 0 Å². The molecule has 1 aliphatic rings. The number of nitrogens with zero attached hydrogens (tertiary/aromatic N) is 3. The summed E-state index contributed by atoms with van der Waals surface area (Å²) in [5.41, 5.74) is 1.60. The molecule has 0 spiro atoms. The monoisotopic (exact) mass is 507 g/mol. The zero-order valence-electron chi connectivity index (χ0n) is 18.0. The molecule has 1 saturated heterocycles. The molecule has 0 saturated carbocycles. The van der Waals surface area contributed by atoms with E-state index in [9.17, 15) is 18.0 Å². The molecule has 0 unspecified atom stereocenters. The number of hydrogen-bond acceptors (Lipinski definition) is 8. The number of sulfone groups is 1. The molecule has 9 nitrogen and oxygen atoms in total. The molecule has 2 N–H and O–H groups in total. The Hall–Kier alpha value is -2.73. The second kappa shape index (κ2) is 9.26. The number of hydrogen-bond donors (Lipinski definition) is 2. The molecule has 1 aliphatic heterocycles. The van der Waals surface area contributed by atoms with Gasteiger partial charge >= 0.3 is 6.03 Å². The van der Waals surface area contributed by atoms with Gasteiger partial charge in [0.05, 0.1) is 25.7 Å². The zero-order chi connectivity index (χ0) is 23.8. The summed E-state index contributed by atoms with van der Waals surface area (Å²) >= 11 is 7.33. The minimum atomic E-state index is -3.36. The molecule has 2 aromatic carbocycles. The van der Waals surface area contributed by atoms with E-state index < -0.39 is 21.8 Å². The van der Waals surface area contributed by atoms with Crippen LogP contribution in [0.4, 0.5) is 15.6 Å². The first-order chi connectivity index (χ1) is 15.6. The van der Waals surface area contributed by atoms with Crippen LogP contribution in [0.1, 0.15) is 10.4 Å². The van der Waals surface area contributed by atoms with E-state index in [2.05, 4.69) is 32.5 Å². The largest absolute Gasteiger partial charge is 0.369 e. The topological polar surface area (TPSA) is 112 Å². The maximum Gasteiger partial charge on any atom is 0.327 e. The molecule has 0 radical (unpaired) electrons. The lowest BCUT2D eigenvalue weighted by Crippen LogP contribution is -2.44. The van der Waals surface area contributed by atoms with Crippen molar-refractivity contribution in [3.63, 3.8) is 0 Å². The summed E-state index contributed by atoms with van der Waals surface area (Å²) < 4.78 is 24.1. The van der Waals surface area contributed by atoms with Gasteiger partial charge < -0.3 is 9.80 Å². The molecule has 3 aromatic rings. The fraction of sp³-hybridized carbons (Fsp3) is 0.286. The van der Waals surface area contributed by atoms with Gasteiger partial charge in [-0.15, -0.1) is 0 Å². The van der Waals surface area contributed by atoms with Crippen LogP contribution < -0.4 is 15.5 Å². The van der Waals surface area contributed by atoms with E-state index in [1.54, 1.807) is 18.2 Å². The number of amides is 3. The molecule has 174 valence electrons. The van der Waals surface area contributed by atoms with Gasteiger partial charge in [0.1, 0.15) is 0 Å². The molecule has 0 aliphatic carbocycles. The van der Waals surface area contributed by atoms with Crippen LogP contribution in [0.5, 0.6) is 0 Å². The molecule has 1 aromatic heterocycles. The summed E-state index contributed by atoms with van der Waals surface area (Å²) in [5.74, 6) is -0.631. The summed E-state index contributed by atoms with van der Waals surface area (Å²) in [5, 5.41) is 5.27. The SMILES string of the molecule is CN1CCN(c2ccc(Cl)c(C(=O)NC(=O)Nc3nc4ccc(S(C)(=O)=O)cc4s3)c2)CC1. The minimum Gasteiger partial charge on any atom is -0.369 e. The molecule has 33 heavy (non-hydrogen) atoms. The van der Waals surface area contributed by atoms with Gasteiger partial charge in [0, 0.05) is 38.1 Å². The number of halogens is 1. The van der Waals surface area contributed by atoms with Crippen molar-refractivity contribution in [1.82, 2.24) is 15.2 Å². The number of carbonyl (C=O) groups excluding carboxylic acids is 2. The number of anilines is 2. The number of benzene rings is 2. The van der Waals surface area contributed by atoms with Crippen LogP contribution in [0.3, 0.4) is 0 Å². The Morgan fingerprint density at radius 3 is 2.52 bits per heavy atom. The maximum atomic E-state index is 12.7. The summed E-state index contributed by atoms with van der Waals surface area (Å²) in [6, 6.07) is 8.95. The number of carbonyl (C=O) groups is 2.